The van der Waals surface area contributed by atoms with Gasteiger partial charge >= 0.3 is 0 Å². The molecular weight excluding hydrogens is 368 g/mol. The van der Waals surface area contributed by atoms with Crippen molar-refractivity contribution >= 4 is 17.3 Å². The predicted octanol–water partition coefficient (Wildman–Crippen LogP) is 4.19. The molecule has 2 atom stereocenters. The number of hydrogen-bond donors (Lipinski definition) is 2. The largest absolute Gasteiger partial charge is 0.506 e. The summed E-state index contributed by atoms with van der Waals surface area (Å²) in [5, 5.41) is 14.6. The lowest BCUT2D eigenvalue weighted by Gasteiger charge is -2.27. The van der Waals surface area contributed by atoms with Crippen LogP contribution in [-0.2, 0) is 0 Å². The molecule has 6 heteroatoms. The molecule has 2 N–H and O–H groups in total. The second kappa shape index (κ2) is 7.28. The van der Waals surface area contributed by atoms with E-state index in [2.05, 4.69) is 46.6 Å². The fourth-order valence-corrected chi connectivity index (χ4v) is 4.57. The lowest BCUT2D eigenvalue weighted by atomic mass is 9.97. The van der Waals surface area contributed by atoms with Crippen LogP contribution in [0.3, 0.4) is 0 Å². The first-order chi connectivity index (χ1) is 13.5. The quantitative estimate of drug-likeness (QED) is 0.652. The zero-order chi connectivity index (χ0) is 19.8. The first kappa shape index (κ1) is 18.5. The van der Waals surface area contributed by atoms with Gasteiger partial charge < -0.3 is 19.9 Å². The molecule has 0 amide bonds. The van der Waals surface area contributed by atoms with E-state index in [1.54, 1.807) is 6.07 Å². The number of para-hydroxylation sites is 2. The van der Waals surface area contributed by atoms with E-state index in [4.69, 9.17) is 12.2 Å². The second-order valence-corrected chi connectivity index (χ2v) is 7.45. The van der Waals surface area contributed by atoms with Gasteiger partial charge in [-0.1, -0.05) is 18.2 Å². The number of pyridine rings is 1. The summed E-state index contributed by atoms with van der Waals surface area (Å²) in [6.07, 6.45) is 1.82. The molecule has 1 aromatic carbocycles. The molecule has 28 heavy (non-hydrogen) atoms. The molecule has 0 radical (unpaired) electrons. The van der Waals surface area contributed by atoms with Crippen molar-refractivity contribution in [2.75, 3.05) is 6.54 Å². The fraction of sp³-hybridized carbons (Fsp3) is 0.273. The van der Waals surface area contributed by atoms with Gasteiger partial charge in [0.2, 0.25) is 0 Å². The Bertz CT molecular complexity index is 1010. The van der Waals surface area contributed by atoms with E-state index in [0.29, 0.717) is 0 Å². The molecule has 1 fully saturated rings. The van der Waals surface area contributed by atoms with Crippen LogP contribution in [0.5, 0.6) is 5.75 Å². The molecule has 0 unspecified atom stereocenters. The molecule has 0 aliphatic carbocycles. The van der Waals surface area contributed by atoms with Crippen LogP contribution in [0.15, 0.2) is 54.7 Å². The molecule has 144 valence electrons. The molecule has 4 rings (SSSR count). The summed E-state index contributed by atoms with van der Waals surface area (Å²) < 4.78 is 2.11. The van der Waals surface area contributed by atoms with Crippen LogP contribution in [0.1, 0.15) is 41.7 Å². The number of benzene rings is 1. The van der Waals surface area contributed by atoms with Crippen LogP contribution in [0.2, 0.25) is 0 Å². The average molecular weight is 393 g/mol. The van der Waals surface area contributed by atoms with Crippen LogP contribution in [0.25, 0.3) is 5.69 Å². The maximum atomic E-state index is 10.4. The molecule has 1 saturated heterocycles. The van der Waals surface area contributed by atoms with Gasteiger partial charge in [0.15, 0.2) is 5.11 Å². The van der Waals surface area contributed by atoms with Crippen LogP contribution in [0, 0.1) is 13.8 Å². The second-order valence-electron chi connectivity index (χ2n) is 7.06. The first-order valence-corrected chi connectivity index (χ1v) is 9.89. The molecule has 1 aliphatic rings. The number of aromatic nitrogens is 2. The third kappa shape index (κ3) is 2.94. The summed E-state index contributed by atoms with van der Waals surface area (Å²) in [7, 11) is 0. The van der Waals surface area contributed by atoms with Crippen molar-refractivity contribution in [3.63, 3.8) is 0 Å². The number of rotatable bonds is 4. The Labute approximate surface area is 170 Å². The molecule has 0 bridgehead atoms. The summed E-state index contributed by atoms with van der Waals surface area (Å²) in [5.41, 5.74) is 5.11. The predicted molar refractivity (Wildman–Crippen MR) is 115 cm³/mol. The third-order valence-electron chi connectivity index (χ3n) is 5.45. The number of phenolic OH excluding ortho intramolecular Hbond substituents is 1. The van der Waals surface area contributed by atoms with Crippen molar-refractivity contribution in [2.45, 2.75) is 32.9 Å². The monoisotopic (exact) mass is 392 g/mol. The lowest BCUT2D eigenvalue weighted by Crippen LogP contribution is -2.29. The van der Waals surface area contributed by atoms with Crippen LogP contribution in [0.4, 0.5) is 0 Å². The highest BCUT2D eigenvalue weighted by atomic mass is 32.1. The Morgan fingerprint density at radius 3 is 2.57 bits per heavy atom. The minimum atomic E-state index is -0.0213. The minimum Gasteiger partial charge on any atom is -0.506 e. The molecular formula is C22H24N4OS. The van der Waals surface area contributed by atoms with Crippen LogP contribution < -0.4 is 5.32 Å². The van der Waals surface area contributed by atoms with E-state index < -0.39 is 0 Å². The zero-order valence-electron chi connectivity index (χ0n) is 16.3. The Kier molecular flexibility index (Phi) is 4.81. The van der Waals surface area contributed by atoms with Gasteiger partial charge in [0.1, 0.15) is 5.75 Å². The van der Waals surface area contributed by atoms with E-state index in [-0.39, 0.29) is 17.8 Å². The molecule has 2 aromatic heterocycles. The van der Waals surface area contributed by atoms with Crippen LogP contribution >= 0.6 is 12.2 Å². The summed E-state index contributed by atoms with van der Waals surface area (Å²) in [4.78, 5) is 6.79. The van der Waals surface area contributed by atoms with Gasteiger partial charge in [-0.05, 0) is 68.9 Å². The maximum Gasteiger partial charge on any atom is 0.170 e. The van der Waals surface area contributed by atoms with Crippen molar-refractivity contribution < 1.29 is 5.11 Å². The van der Waals surface area contributed by atoms with Gasteiger partial charge in [0, 0.05) is 24.1 Å². The summed E-state index contributed by atoms with van der Waals surface area (Å²) in [6, 6.07) is 15.6. The highest BCUT2D eigenvalue weighted by molar-refractivity contribution is 7.80. The van der Waals surface area contributed by atoms with Gasteiger partial charge in [-0.15, -0.1) is 0 Å². The molecule has 0 saturated carbocycles. The number of hydrogen-bond acceptors (Lipinski definition) is 3. The number of thiocarbonyl (C=S) groups is 1. The van der Waals surface area contributed by atoms with Gasteiger partial charge in [0.25, 0.3) is 0 Å². The number of nitrogens with one attached hydrogen (secondary N) is 1. The maximum absolute atomic E-state index is 10.4. The fourth-order valence-electron chi connectivity index (χ4n) is 4.20. The number of aromatic hydroxyl groups is 1. The highest BCUT2D eigenvalue weighted by Crippen LogP contribution is 2.41. The summed E-state index contributed by atoms with van der Waals surface area (Å²) >= 11 is 5.63. The Morgan fingerprint density at radius 1 is 1.14 bits per heavy atom. The molecule has 0 spiro atoms. The number of nitrogens with zero attached hydrogens (tertiary/aromatic N) is 3. The van der Waals surface area contributed by atoms with E-state index in [9.17, 15) is 5.11 Å². The van der Waals surface area contributed by atoms with Gasteiger partial charge in [-0.25, -0.2) is 0 Å². The van der Waals surface area contributed by atoms with Crippen molar-refractivity contribution in [2.24, 2.45) is 0 Å². The summed E-state index contributed by atoms with van der Waals surface area (Å²) in [5.74, 6) is 0.268. The van der Waals surface area contributed by atoms with E-state index in [1.165, 1.54) is 5.56 Å². The SMILES string of the molecule is CCN1C(=S)N[C@H](c2ccccn2)[C@H]1c1cc(C)n(-c2ccccc2O)c1C. The Hall–Kier alpha value is -2.86. The molecule has 3 aromatic rings. The van der Waals surface area contributed by atoms with Crippen molar-refractivity contribution in [3.8, 4) is 11.4 Å². The number of aryl methyl sites for hydroxylation is 1. The van der Waals surface area contributed by atoms with E-state index in [1.807, 2.05) is 42.6 Å². The molecule has 3 heterocycles. The minimum absolute atomic E-state index is 0.0213. The summed E-state index contributed by atoms with van der Waals surface area (Å²) in [6.45, 7) is 7.08. The number of phenols is 1. The van der Waals surface area contributed by atoms with Crippen molar-refractivity contribution in [1.29, 1.82) is 0 Å². The third-order valence-corrected chi connectivity index (χ3v) is 5.80. The highest BCUT2D eigenvalue weighted by Gasteiger charge is 2.40. The standard InChI is InChI=1S/C22H24N4OS/c1-4-25-21(20(24-22(25)28)17-9-7-8-12-23-17)16-13-14(2)26(15(16)3)18-10-5-6-11-19(18)27/h5-13,20-21,27H,4H2,1-3H3,(H,24,28)/t20-,21-/m1/s1. The first-order valence-electron chi connectivity index (χ1n) is 9.48. The topological polar surface area (TPSA) is 53.3 Å². The van der Waals surface area contributed by atoms with Gasteiger partial charge in [-0.2, -0.15) is 0 Å². The number of likely N-dealkylation sites (N-methyl/N-ethyl adjacent to an activating group) is 1. The zero-order valence-corrected chi connectivity index (χ0v) is 17.1. The van der Waals surface area contributed by atoms with Crippen molar-refractivity contribution in [1.82, 2.24) is 19.8 Å². The van der Waals surface area contributed by atoms with Crippen LogP contribution in [-0.4, -0.2) is 31.2 Å². The van der Waals surface area contributed by atoms with E-state index >= 15 is 0 Å². The normalized spacial score (nSPS) is 19.1. The van der Waals surface area contributed by atoms with E-state index in [0.717, 1.165) is 34.4 Å². The Morgan fingerprint density at radius 2 is 1.89 bits per heavy atom. The Balaban J connectivity index is 1.85. The van der Waals surface area contributed by atoms with Crippen molar-refractivity contribution in [3.05, 3.63) is 77.4 Å². The molecule has 5 nitrogen and oxygen atoms in total. The van der Waals surface area contributed by atoms with Gasteiger partial charge in [0.05, 0.1) is 23.5 Å². The average Bonchev–Trinajstić information content (AvgIpc) is 3.18. The smallest absolute Gasteiger partial charge is 0.170 e. The van der Waals surface area contributed by atoms with Gasteiger partial charge in [-0.3, -0.25) is 4.98 Å². The molecule has 1 aliphatic heterocycles. The lowest BCUT2D eigenvalue weighted by molar-refractivity contribution is 0.329.